The van der Waals surface area contributed by atoms with Gasteiger partial charge in [0, 0.05) is 29.7 Å². The maximum absolute atomic E-state index is 12.2. The Bertz CT molecular complexity index is 999. The number of nitrogens with zero attached hydrogens (tertiary/aromatic N) is 3. The fourth-order valence-electron chi connectivity index (χ4n) is 3.54. The van der Waals surface area contributed by atoms with Gasteiger partial charge in [0.25, 0.3) is 0 Å². The van der Waals surface area contributed by atoms with Crippen molar-refractivity contribution in [2.24, 2.45) is 0 Å². The van der Waals surface area contributed by atoms with Gasteiger partial charge in [-0.3, -0.25) is 4.79 Å². The summed E-state index contributed by atoms with van der Waals surface area (Å²) in [5, 5.41) is 17.0. The normalized spacial score (nSPS) is 15.9. The van der Waals surface area contributed by atoms with E-state index in [0.717, 1.165) is 28.0 Å². The average molecular weight is 364 g/mol. The van der Waals surface area contributed by atoms with Gasteiger partial charge >= 0.3 is 0 Å². The van der Waals surface area contributed by atoms with E-state index in [9.17, 15) is 9.90 Å². The molecule has 1 amide bonds. The number of hydrogen-bond donors (Lipinski definition) is 2. The number of methoxy groups -OCH3 is 1. The van der Waals surface area contributed by atoms with Gasteiger partial charge in [0.05, 0.1) is 13.7 Å². The van der Waals surface area contributed by atoms with Crippen LogP contribution in [0, 0.1) is 6.92 Å². The number of ether oxygens (including phenoxy) is 1. The maximum Gasteiger partial charge on any atom is 0.225 e. The lowest BCUT2D eigenvalue weighted by atomic mass is 9.83. The third-order valence-corrected chi connectivity index (χ3v) is 4.91. The molecule has 3 aromatic rings. The van der Waals surface area contributed by atoms with Crippen molar-refractivity contribution in [1.82, 2.24) is 14.8 Å². The molecule has 2 heterocycles. The van der Waals surface area contributed by atoms with Gasteiger partial charge in [-0.1, -0.05) is 6.07 Å². The van der Waals surface area contributed by atoms with E-state index in [0.29, 0.717) is 18.7 Å². The van der Waals surface area contributed by atoms with Crippen LogP contribution in [0.5, 0.6) is 11.5 Å². The number of phenols is 1. The highest BCUT2D eigenvalue weighted by Crippen LogP contribution is 2.41. The van der Waals surface area contributed by atoms with Crippen molar-refractivity contribution < 1.29 is 14.6 Å². The highest BCUT2D eigenvalue weighted by atomic mass is 16.5. The van der Waals surface area contributed by atoms with Crippen LogP contribution in [-0.2, 0) is 11.3 Å². The number of rotatable bonds is 4. The molecule has 27 heavy (non-hydrogen) atoms. The summed E-state index contributed by atoms with van der Waals surface area (Å²) in [6.45, 7) is 2.38. The van der Waals surface area contributed by atoms with Crippen molar-refractivity contribution in [3.05, 3.63) is 65.2 Å². The Hall–Kier alpha value is -3.35. The lowest BCUT2D eigenvalue weighted by Gasteiger charge is -2.27. The molecular weight excluding hydrogens is 344 g/mol. The topological polar surface area (TPSA) is 89.3 Å². The Kier molecular flexibility index (Phi) is 4.27. The van der Waals surface area contributed by atoms with E-state index in [4.69, 9.17) is 4.74 Å². The summed E-state index contributed by atoms with van der Waals surface area (Å²) >= 11 is 0. The number of carbonyl (C=O) groups is 1. The van der Waals surface area contributed by atoms with Gasteiger partial charge in [-0.2, -0.15) is 5.10 Å². The fourth-order valence-corrected chi connectivity index (χ4v) is 3.54. The number of benzene rings is 2. The van der Waals surface area contributed by atoms with Crippen LogP contribution in [-0.4, -0.2) is 32.9 Å². The van der Waals surface area contributed by atoms with Crippen LogP contribution in [0.3, 0.4) is 0 Å². The first-order valence-electron chi connectivity index (χ1n) is 8.67. The summed E-state index contributed by atoms with van der Waals surface area (Å²) in [6.07, 6.45) is 3.50. The number of anilines is 1. The second-order valence-electron chi connectivity index (χ2n) is 6.70. The van der Waals surface area contributed by atoms with Crippen LogP contribution in [0.4, 0.5) is 5.69 Å². The van der Waals surface area contributed by atoms with Crippen LogP contribution < -0.4 is 10.1 Å². The number of hydrogen-bond acceptors (Lipinski definition) is 5. The van der Waals surface area contributed by atoms with Gasteiger partial charge < -0.3 is 15.2 Å². The van der Waals surface area contributed by atoms with E-state index in [1.165, 1.54) is 6.33 Å². The van der Waals surface area contributed by atoms with Gasteiger partial charge in [0.15, 0.2) is 0 Å². The minimum Gasteiger partial charge on any atom is -0.508 e. The molecule has 1 atom stereocenters. The molecule has 0 saturated carbocycles. The SMILES string of the molecule is COc1ccc(C2CC(=O)Nc3cc(O)c(C)cc32)cc1Cn1cncn1. The number of amides is 1. The van der Waals surface area contributed by atoms with Crippen molar-refractivity contribution in [1.29, 1.82) is 0 Å². The molecule has 0 bridgehead atoms. The van der Waals surface area contributed by atoms with Gasteiger partial charge in [0.1, 0.15) is 24.2 Å². The molecule has 4 rings (SSSR count). The second kappa shape index (κ2) is 6.75. The first-order chi connectivity index (χ1) is 13.0. The molecule has 2 N–H and O–H groups in total. The molecule has 0 aliphatic carbocycles. The highest BCUT2D eigenvalue weighted by molar-refractivity contribution is 5.95. The number of aromatic nitrogens is 3. The summed E-state index contributed by atoms with van der Waals surface area (Å²) < 4.78 is 7.22. The predicted octanol–water partition coefficient (Wildman–Crippen LogP) is 2.82. The quantitative estimate of drug-likeness (QED) is 0.743. The second-order valence-corrected chi connectivity index (χ2v) is 6.70. The molecule has 1 unspecified atom stereocenters. The standard InChI is InChI=1S/C20H20N4O3/c1-12-5-16-15(7-20(26)23-17(16)8-18(12)25)13-3-4-19(27-2)14(6-13)9-24-11-21-10-22-24/h3-6,8,10-11,15,25H,7,9H2,1-2H3,(H,23,26). The smallest absolute Gasteiger partial charge is 0.225 e. The number of fused-ring (bicyclic) bond motifs is 1. The van der Waals surface area contributed by atoms with E-state index in [1.807, 2.05) is 25.1 Å². The Balaban J connectivity index is 1.77. The van der Waals surface area contributed by atoms with Crippen LogP contribution in [0.15, 0.2) is 43.0 Å². The molecule has 0 radical (unpaired) electrons. The molecule has 1 aliphatic rings. The minimum atomic E-state index is -0.0894. The van der Waals surface area contributed by atoms with Crippen molar-refractivity contribution in [2.45, 2.75) is 25.8 Å². The van der Waals surface area contributed by atoms with Gasteiger partial charge in [0.2, 0.25) is 5.91 Å². The number of phenolic OH excluding ortho intramolecular Hbond substituents is 1. The highest BCUT2D eigenvalue weighted by Gasteiger charge is 2.28. The Morgan fingerprint density at radius 1 is 1.33 bits per heavy atom. The summed E-state index contributed by atoms with van der Waals surface area (Å²) in [4.78, 5) is 16.2. The van der Waals surface area contributed by atoms with Gasteiger partial charge in [-0.15, -0.1) is 0 Å². The predicted molar refractivity (Wildman–Crippen MR) is 100 cm³/mol. The third kappa shape index (κ3) is 3.23. The fraction of sp³-hybridized carbons (Fsp3) is 0.250. The molecule has 0 spiro atoms. The Morgan fingerprint density at radius 3 is 2.93 bits per heavy atom. The van der Waals surface area contributed by atoms with Gasteiger partial charge in [-0.25, -0.2) is 9.67 Å². The zero-order valence-corrected chi connectivity index (χ0v) is 15.1. The van der Waals surface area contributed by atoms with Crippen molar-refractivity contribution >= 4 is 11.6 Å². The molecule has 138 valence electrons. The van der Waals surface area contributed by atoms with E-state index < -0.39 is 0 Å². The first kappa shape index (κ1) is 17.1. The van der Waals surface area contributed by atoms with Crippen molar-refractivity contribution in [3.8, 4) is 11.5 Å². The van der Waals surface area contributed by atoms with Crippen LogP contribution in [0.1, 0.15) is 34.6 Å². The molecule has 0 fully saturated rings. The van der Waals surface area contributed by atoms with Crippen LogP contribution in [0.2, 0.25) is 0 Å². The Labute approximate surface area is 156 Å². The minimum absolute atomic E-state index is 0.0654. The van der Waals surface area contributed by atoms with E-state index in [2.05, 4.69) is 21.5 Å². The lowest BCUT2D eigenvalue weighted by Crippen LogP contribution is -2.23. The monoisotopic (exact) mass is 364 g/mol. The number of nitrogens with one attached hydrogen (secondary N) is 1. The average Bonchev–Trinajstić information content (AvgIpc) is 3.15. The summed E-state index contributed by atoms with van der Waals surface area (Å²) in [5.41, 5.74) is 4.43. The zero-order valence-electron chi connectivity index (χ0n) is 15.1. The molecule has 1 aliphatic heterocycles. The molecular formula is C20H20N4O3. The molecule has 2 aromatic carbocycles. The van der Waals surface area contributed by atoms with Crippen LogP contribution in [0.25, 0.3) is 0 Å². The lowest BCUT2D eigenvalue weighted by molar-refractivity contribution is -0.116. The van der Waals surface area contributed by atoms with E-state index >= 15 is 0 Å². The van der Waals surface area contributed by atoms with Gasteiger partial charge in [-0.05, 0) is 41.8 Å². The van der Waals surface area contributed by atoms with Crippen molar-refractivity contribution in [2.75, 3.05) is 12.4 Å². The number of aromatic hydroxyl groups is 1. The summed E-state index contributed by atoms with van der Waals surface area (Å²) in [7, 11) is 1.63. The molecule has 7 nitrogen and oxygen atoms in total. The first-order valence-corrected chi connectivity index (χ1v) is 8.67. The molecule has 1 aromatic heterocycles. The third-order valence-electron chi connectivity index (χ3n) is 4.91. The number of aryl methyl sites for hydroxylation is 1. The maximum atomic E-state index is 12.2. The number of carbonyl (C=O) groups excluding carboxylic acids is 1. The molecule has 0 saturated heterocycles. The Morgan fingerprint density at radius 2 is 2.19 bits per heavy atom. The summed E-state index contributed by atoms with van der Waals surface area (Å²) in [5.74, 6) is 0.783. The summed E-state index contributed by atoms with van der Waals surface area (Å²) in [6, 6.07) is 9.51. The van der Waals surface area contributed by atoms with E-state index in [1.54, 1.807) is 24.2 Å². The van der Waals surface area contributed by atoms with Crippen molar-refractivity contribution in [3.63, 3.8) is 0 Å². The largest absolute Gasteiger partial charge is 0.508 e. The zero-order chi connectivity index (χ0) is 19.0. The van der Waals surface area contributed by atoms with Crippen LogP contribution >= 0.6 is 0 Å². The molecule has 7 heteroatoms. The van der Waals surface area contributed by atoms with E-state index in [-0.39, 0.29) is 17.6 Å².